The molecule has 0 spiro atoms. The van der Waals surface area contributed by atoms with Crippen molar-refractivity contribution in [2.75, 3.05) is 13.2 Å². The largest absolute Gasteiger partial charge is 0.486 e. The van der Waals surface area contributed by atoms with Gasteiger partial charge in [0.2, 0.25) is 0 Å². The van der Waals surface area contributed by atoms with E-state index < -0.39 is 0 Å². The minimum atomic E-state index is 0.647. The number of rotatable bonds is 3. The number of aryl methyl sites for hydroxylation is 3. The van der Waals surface area contributed by atoms with Crippen molar-refractivity contribution in [3.63, 3.8) is 0 Å². The van der Waals surface area contributed by atoms with Crippen LogP contribution in [0.2, 0.25) is 0 Å². The Hall–Kier alpha value is -1.96. The predicted molar refractivity (Wildman–Crippen MR) is 76.0 cm³/mol. The zero-order valence-electron chi connectivity index (χ0n) is 11.2. The van der Waals surface area contributed by atoms with Gasteiger partial charge in [0.1, 0.15) is 13.2 Å². The lowest BCUT2D eigenvalue weighted by Gasteiger charge is -2.18. The first-order chi connectivity index (χ1) is 9.31. The number of benzene rings is 2. The molecule has 1 aliphatic heterocycles. The smallest absolute Gasteiger partial charge is 0.161 e. The Morgan fingerprint density at radius 3 is 2.21 bits per heavy atom. The average Bonchev–Trinajstić information content (AvgIpc) is 2.46. The van der Waals surface area contributed by atoms with Crippen molar-refractivity contribution in [1.29, 1.82) is 0 Å². The minimum absolute atomic E-state index is 0.647. The van der Waals surface area contributed by atoms with Crippen LogP contribution in [-0.4, -0.2) is 13.2 Å². The van der Waals surface area contributed by atoms with E-state index in [0.29, 0.717) is 13.2 Å². The summed E-state index contributed by atoms with van der Waals surface area (Å²) in [6, 6.07) is 15.0. The Morgan fingerprint density at radius 1 is 0.789 bits per heavy atom. The third kappa shape index (κ3) is 2.90. The number of hydrogen-bond donors (Lipinski definition) is 0. The number of hydrogen-bond acceptors (Lipinski definition) is 2. The van der Waals surface area contributed by atoms with Gasteiger partial charge in [-0.05, 0) is 43.0 Å². The van der Waals surface area contributed by atoms with Crippen LogP contribution in [0.4, 0.5) is 0 Å². The van der Waals surface area contributed by atoms with Gasteiger partial charge in [0, 0.05) is 0 Å². The maximum Gasteiger partial charge on any atom is 0.161 e. The van der Waals surface area contributed by atoms with E-state index in [1.54, 1.807) is 0 Å². The van der Waals surface area contributed by atoms with E-state index in [1.807, 2.05) is 6.07 Å². The summed E-state index contributed by atoms with van der Waals surface area (Å²) in [7, 11) is 0. The van der Waals surface area contributed by atoms with Gasteiger partial charge in [-0.15, -0.1) is 0 Å². The van der Waals surface area contributed by atoms with Crippen molar-refractivity contribution in [2.24, 2.45) is 0 Å². The summed E-state index contributed by atoms with van der Waals surface area (Å²) in [5.41, 5.74) is 3.98. The Morgan fingerprint density at radius 2 is 1.42 bits per heavy atom. The van der Waals surface area contributed by atoms with Gasteiger partial charge in [-0.3, -0.25) is 0 Å². The van der Waals surface area contributed by atoms with Crippen molar-refractivity contribution in [1.82, 2.24) is 0 Å². The highest BCUT2D eigenvalue weighted by Crippen LogP contribution is 2.31. The van der Waals surface area contributed by atoms with Gasteiger partial charge in [0.05, 0.1) is 0 Å². The Labute approximate surface area is 114 Å². The molecule has 3 rings (SSSR count). The third-order valence-electron chi connectivity index (χ3n) is 3.43. The molecule has 19 heavy (non-hydrogen) atoms. The molecule has 2 nitrogen and oxygen atoms in total. The lowest BCUT2D eigenvalue weighted by atomic mass is 10.0. The van der Waals surface area contributed by atoms with Crippen LogP contribution < -0.4 is 9.47 Å². The van der Waals surface area contributed by atoms with Crippen LogP contribution in [0.25, 0.3) is 0 Å². The molecule has 2 aromatic carbocycles. The summed E-state index contributed by atoms with van der Waals surface area (Å²) >= 11 is 0. The monoisotopic (exact) mass is 254 g/mol. The molecule has 0 aromatic heterocycles. The van der Waals surface area contributed by atoms with Gasteiger partial charge < -0.3 is 9.47 Å². The van der Waals surface area contributed by atoms with Crippen LogP contribution in [0.15, 0.2) is 42.5 Å². The van der Waals surface area contributed by atoms with E-state index in [9.17, 15) is 0 Å². The Bertz CT molecular complexity index is 558. The molecular formula is C17H18O2. The van der Waals surface area contributed by atoms with Gasteiger partial charge in [-0.1, -0.05) is 35.9 Å². The summed E-state index contributed by atoms with van der Waals surface area (Å²) in [5.74, 6) is 1.75. The first kappa shape index (κ1) is 12.1. The standard InChI is InChI=1S/C17H18O2/c1-13-2-4-14(5-3-13)6-7-15-8-9-16-17(12-15)19-11-10-18-16/h2-5,8-9,12H,6-7,10-11H2,1H3. The van der Waals surface area contributed by atoms with Crippen LogP contribution in [0, 0.1) is 6.92 Å². The summed E-state index contributed by atoms with van der Waals surface area (Å²) in [6.45, 7) is 3.41. The van der Waals surface area contributed by atoms with E-state index in [1.165, 1.54) is 16.7 Å². The molecule has 0 bridgehead atoms. The van der Waals surface area contributed by atoms with Crippen LogP contribution in [-0.2, 0) is 12.8 Å². The fourth-order valence-corrected chi connectivity index (χ4v) is 2.29. The van der Waals surface area contributed by atoms with Crippen LogP contribution >= 0.6 is 0 Å². The SMILES string of the molecule is Cc1ccc(CCc2ccc3c(c2)OCCO3)cc1. The molecule has 0 unspecified atom stereocenters. The van der Waals surface area contributed by atoms with Crippen molar-refractivity contribution < 1.29 is 9.47 Å². The van der Waals surface area contributed by atoms with E-state index in [-0.39, 0.29) is 0 Å². The molecule has 2 aromatic rings. The molecule has 0 N–H and O–H groups in total. The molecule has 0 amide bonds. The first-order valence-corrected chi connectivity index (χ1v) is 6.75. The van der Waals surface area contributed by atoms with Crippen LogP contribution in [0.1, 0.15) is 16.7 Å². The second kappa shape index (κ2) is 5.35. The van der Waals surface area contributed by atoms with E-state index in [2.05, 4.69) is 43.3 Å². The second-order valence-corrected chi connectivity index (χ2v) is 4.96. The highest BCUT2D eigenvalue weighted by molar-refractivity contribution is 5.44. The molecule has 2 heteroatoms. The second-order valence-electron chi connectivity index (χ2n) is 4.96. The summed E-state index contributed by atoms with van der Waals surface area (Å²) in [5, 5.41) is 0. The first-order valence-electron chi connectivity index (χ1n) is 6.75. The van der Waals surface area contributed by atoms with Gasteiger partial charge in [-0.25, -0.2) is 0 Å². The molecule has 0 atom stereocenters. The lowest BCUT2D eigenvalue weighted by Crippen LogP contribution is -2.15. The van der Waals surface area contributed by atoms with Crippen LogP contribution in [0.5, 0.6) is 11.5 Å². The number of ether oxygens (including phenoxy) is 2. The number of fused-ring (bicyclic) bond motifs is 1. The molecule has 1 aliphatic rings. The van der Waals surface area contributed by atoms with Gasteiger partial charge in [0.25, 0.3) is 0 Å². The van der Waals surface area contributed by atoms with E-state index >= 15 is 0 Å². The predicted octanol–water partition coefficient (Wildman–Crippen LogP) is 3.55. The molecular weight excluding hydrogens is 236 g/mol. The maximum absolute atomic E-state index is 5.61. The van der Waals surface area contributed by atoms with Gasteiger partial charge in [-0.2, -0.15) is 0 Å². The van der Waals surface area contributed by atoms with Crippen molar-refractivity contribution in [2.45, 2.75) is 19.8 Å². The topological polar surface area (TPSA) is 18.5 Å². The molecule has 1 heterocycles. The van der Waals surface area contributed by atoms with E-state index in [4.69, 9.17) is 9.47 Å². The lowest BCUT2D eigenvalue weighted by molar-refractivity contribution is 0.171. The molecule has 0 radical (unpaired) electrons. The molecule has 98 valence electrons. The van der Waals surface area contributed by atoms with Crippen molar-refractivity contribution >= 4 is 0 Å². The third-order valence-corrected chi connectivity index (χ3v) is 3.43. The maximum atomic E-state index is 5.61. The summed E-state index contributed by atoms with van der Waals surface area (Å²) in [4.78, 5) is 0. The summed E-state index contributed by atoms with van der Waals surface area (Å²) in [6.07, 6.45) is 2.08. The fourth-order valence-electron chi connectivity index (χ4n) is 2.29. The highest BCUT2D eigenvalue weighted by Gasteiger charge is 2.11. The van der Waals surface area contributed by atoms with Crippen LogP contribution in [0.3, 0.4) is 0 Å². The Balaban J connectivity index is 1.68. The zero-order valence-corrected chi connectivity index (χ0v) is 11.2. The molecule has 0 fully saturated rings. The fraction of sp³-hybridized carbons (Fsp3) is 0.294. The van der Waals surface area contributed by atoms with Crippen molar-refractivity contribution in [3.05, 3.63) is 59.2 Å². The van der Waals surface area contributed by atoms with Gasteiger partial charge >= 0.3 is 0 Å². The molecule has 0 aliphatic carbocycles. The minimum Gasteiger partial charge on any atom is -0.486 e. The molecule has 0 saturated carbocycles. The normalized spacial score (nSPS) is 13.3. The van der Waals surface area contributed by atoms with Gasteiger partial charge in [0.15, 0.2) is 11.5 Å². The molecule has 0 saturated heterocycles. The summed E-state index contributed by atoms with van der Waals surface area (Å²) < 4.78 is 11.1. The Kier molecular flexibility index (Phi) is 3.41. The van der Waals surface area contributed by atoms with Crippen molar-refractivity contribution in [3.8, 4) is 11.5 Å². The average molecular weight is 254 g/mol. The quantitative estimate of drug-likeness (QED) is 0.834. The zero-order chi connectivity index (χ0) is 13.1. The highest BCUT2D eigenvalue weighted by atomic mass is 16.6. The van der Waals surface area contributed by atoms with E-state index in [0.717, 1.165) is 24.3 Å².